The van der Waals surface area contributed by atoms with Crippen LogP contribution in [0.3, 0.4) is 0 Å². The summed E-state index contributed by atoms with van der Waals surface area (Å²) in [6, 6.07) is 5.29. The number of sulfonamides is 1. The second-order valence-electron chi connectivity index (χ2n) is 4.40. The number of nitrogens with zero attached hydrogens (tertiary/aromatic N) is 2. The fraction of sp³-hybridized carbons (Fsp3) is 0.308. The highest BCUT2D eigenvalue weighted by atomic mass is 35.5. The van der Waals surface area contributed by atoms with Crippen molar-refractivity contribution in [2.75, 3.05) is 10.8 Å². The van der Waals surface area contributed by atoms with Gasteiger partial charge in [-0.3, -0.25) is 9.40 Å². The van der Waals surface area contributed by atoms with Gasteiger partial charge in [-0.15, -0.1) is 11.6 Å². The maximum Gasteiger partial charge on any atom is 0.268 e. The molecule has 0 unspecified atom stereocenters. The molecule has 0 aliphatic rings. The van der Waals surface area contributed by atoms with Gasteiger partial charge >= 0.3 is 0 Å². The Morgan fingerprint density at radius 3 is 2.48 bits per heavy atom. The van der Waals surface area contributed by atoms with Crippen LogP contribution < -0.4 is 4.31 Å². The highest BCUT2D eigenvalue weighted by molar-refractivity contribution is 7.93. The molecule has 1 heterocycles. The van der Waals surface area contributed by atoms with E-state index < -0.39 is 15.8 Å². The Labute approximate surface area is 127 Å². The van der Waals surface area contributed by atoms with Gasteiger partial charge in [-0.2, -0.15) is 5.10 Å². The van der Waals surface area contributed by atoms with Crippen molar-refractivity contribution in [3.8, 4) is 0 Å². The predicted molar refractivity (Wildman–Crippen MR) is 79.5 cm³/mol. The van der Waals surface area contributed by atoms with Crippen LogP contribution in [0.1, 0.15) is 18.3 Å². The molecule has 5 nitrogen and oxygen atoms in total. The Kier molecular flexibility index (Phi) is 4.53. The number of rotatable bonds is 5. The Balaban J connectivity index is 2.54. The third-order valence-electron chi connectivity index (χ3n) is 3.04. The van der Waals surface area contributed by atoms with E-state index in [1.165, 1.54) is 28.6 Å². The SMILES string of the molecule is CCN(c1ccc(F)cc1)S(=O)(=O)c1c(CCl)n[nH]c1C. The molecule has 21 heavy (non-hydrogen) atoms. The smallest absolute Gasteiger partial charge is 0.268 e. The summed E-state index contributed by atoms with van der Waals surface area (Å²) in [6.45, 7) is 3.53. The van der Waals surface area contributed by atoms with E-state index in [0.717, 1.165) is 0 Å². The van der Waals surface area contributed by atoms with Crippen LogP contribution in [-0.4, -0.2) is 25.2 Å². The van der Waals surface area contributed by atoms with Crippen molar-refractivity contribution in [2.24, 2.45) is 0 Å². The topological polar surface area (TPSA) is 66.1 Å². The molecule has 0 bridgehead atoms. The average Bonchev–Trinajstić information content (AvgIpc) is 2.83. The quantitative estimate of drug-likeness (QED) is 0.857. The highest BCUT2D eigenvalue weighted by Gasteiger charge is 2.30. The van der Waals surface area contributed by atoms with E-state index in [1.807, 2.05) is 0 Å². The molecule has 0 fully saturated rings. The van der Waals surface area contributed by atoms with Crippen molar-refractivity contribution in [1.29, 1.82) is 0 Å². The van der Waals surface area contributed by atoms with Gasteiger partial charge in [0.05, 0.1) is 23.0 Å². The van der Waals surface area contributed by atoms with Crippen LogP contribution in [0.5, 0.6) is 0 Å². The number of alkyl halides is 1. The molecular weight excluding hydrogens is 317 g/mol. The summed E-state index contributed by atoms with van der Waals surface area (Å²) in [6.07, 6.45) is 0. The average molecular weight is 332 g/mol. The van der Waals surface area contributed by atoms with E-state index in [1.54, 1.807) is 13.8 Å². The number of benzene rings is 1. The zero-order valence-corrected chi connectivity index (χ0v) is 13.2. The molecular formula is C13H15ClFN3O2S. The molecule has 2 rings (SSSR count). The van der Waals surface area contributed by atoms with Crippen molar-refractivity contribution in [2.45, 2.75) is 24.6 Å². The molecule has 0 aliphatic heterocycles. The van der Waals surface area contributed by atoms with Gasteiger partial charge in [0, 0.05) is 6.54 Å². The molecule has 114 valence electrons. The fourth-order valence-electron chi connectivity index (χ4n) is 2.11. The molecule has 2 aromatic rings. The van der Waals surface area contributed by atoms with Crippen LogP contribution in [-0.2, 0) is 15.9 Å². The molecule has 1 aromatic heterocycles. The first-order valence-corrected chi connectivity index (χ1v) is 8.27. The lowest BCUT2D eigenvalue weighted by molar-refractivity contribution is 0.590. The second kappa shape index (κ2) is 6.03. The monoisotopic (exact) mass is 331 g/mol. The van der Waals surface area contributed by atoms with Gasteiger partial charge in [-0.25, -0.2) is 12.8 Å². The molecule has 0 saturated heterocycles. The number of aryl methyl sites for hydroxylation is 1. The lowest BCUT2D eigenvalue weighted by Crippen LogP contribution is -2.31. The summed E-state index contributed by atoms with van der Waals surface area (Å²) in [7, 11) is -3.81. The van der Waals surface area contributed by atoms with Crippen LogP contribution in [0.4, 0.5) is 10.1 Å². The maximum absolute atomic E-state index is 13.0. The van der Waals surface area contributed by atoms with Crippen LogP contribution in [0.2, 0.25) is 0 Å². The minimum atomic E-state index is -3.81. The normalized spacial score (nSPS) is 11.6. The predicted octanol–water partition coefficient (Wildman–Crippen LogP) is 2.81. The number of aromatic amines is 1. The first-order valence-electron chi connectivity index (χ1n) is 6.30. The van der Waals surface area contributed by atoms with Gasteiger partial charge in [0.25, 0.3) is 10.0 Å². The van der Waals surface area contributed by atoms with Gasteiger partial charge in [0.1, 0.15) is 10.7 Å². The van der Waals surface area contributed by atoms with Crippen molar-refractivity contribution in [3.63, 3.8) is 0 Å². The first-order chi connectivity index (χ1) is 9.91. The molecule has 1 aromatic carbocycles. The number of halogens is 2. The summed E-state index contributed by atoms with van der Waals surface area (Å²) in [5.74, 6) is -0.437. The lowest BCUT2D eigenvalue weighted by Gasteiger charge is -2.23. The lowest BCUT2D eigenvalue weighted by atomic mass is 10.3. The van der Waals surface area contributed by atoms with E-state index in [0.29, 0.717) is 11.4 Å². The second-order valence-corrected chi connectivity index (χ2v) is 6.47. The Morgan fingerprint density at radius 1 is 1.33 bits per heavy atom. The molecule has 0 spiro atoms. The third kappa shape index (κ3) is 2.89. The zero-order valence-electron chi connectivity index (χ0n) is 11.6. The zero-order chi connectivity index (χ0) is 15.6. The number of hydrogen-bond donors (Lipinski definition) is 1. The van der Waals surface area contributed by atoms with E-state index in [-0.39, 0.29) is 23.0 Å². The van der Waals surface area contributed by atoms with Gasteiger partial charge in [-0.1, -0.05) is 0 Å². The number of anilines is 1. The van der Waals surface area contributed by atoms with Crippen LogP contribution >= 0.6 is 11.6 Å². The van der Waals surface area contributed by atoms with E-state index in [4.69, 9.17) is 11.6 Å². The van der Waals surface area contributed by atoms with Crippen molar-refractivity contribution < 1.29 is 12.8 Å². The molecule has 8 heteroatoms. The first kappa shape index (κ1) is 15.8. The largest absolute Gasteiger partial charge is 0.281 e. The van der Waals surface area contributed by atoms with E-state index in [2.05, 4.69) is 10.2 Å². The molecule has 0 amide bonds. The van der Waals surface area contributed by atoms with Gasteiger partial charge in [0.15, 0.2) is 0 Å². The number of nitrogens with one attached hydrogen (secondary N) is 1. The third-order valence-corrected chi connectivity index (χ3v) is 5.40. The van der Waals surface area contributed by atoms with Crippen molar-refractivity contribution in [1.82, 2.24) is 10.2 Å². The van der Waals surface area contributed by atoms with E-state index in [9.17, 15) is 12.8 Å². The minimum Gasteiger partial charge on any atom is -0.281 e. The standard InChI is InChI=1S/C13H15ClFN3O2S/c1-3-18(11-6-4-10(15)5-7-11)21(19,20)13-9(2)16-17-12(13)8-14/h4-7H,3,8H2,1-2H3,(H,16,17). The molecule has 0 radical (unpaired) electrons. The summed E-state index contributed by atoms with van der Waals surface area (Å²) in [5, 5.41) is 6.54. The fourth-order valence-corrected chi connectivity index (χ4v) is 4.19. The van der Waals surface area contributed by atoms with Gasteiger partial charge < -0.3 is 0 Å². The minimum absolute atomic E-state index is 0.0140. The van der Waals surface area contributed by atoms with Crippen LogP contribution in [0.15, 0.2) is 29.2 Å². The summed E-state index contributed by atoms with van der Waals surface area (Å²) in [5.41, 5.74) is 1.08. The molecule has 0 atom stereocenters. The van der Waals surface area contributed by atoms with Gasteiger partial charge in [0.2, 0.25) is 0 Å². The number of aromatic nitrogens is 2. The number of hydrogen-bond acceptors (Lipinski definition) is 3. The summed E-state index contributed by atoms with van der Waals surface area (Å²) < 4.78 is 39.8. The Bertz CT molecular complexity index is 728. The van der Waals surface area contributed by atoms with Crippen LogP contribution in [0.25, 0.3) is 0 Å². The molecule has 1 N–H and O–H groups in total. The van der Waals surface area contributed by atoms with Crippen molar-refractivity contribution >= 4 is 27.3 Å². The summed E-state index contributed by atoms with van der Waals surface area (Å²) in [4.78, 5) is 0.0728. The Morgan fingerprint density at radius 2 is 1.95 bits per heavy atom. The number of H-pyrrole nitrogens is 1. The van der Waals surface area contributed by atoms with Crippen molar-refractivity contribution in [3.05, 3.63) is 41.5 Å². The Hall–Kier alpha value is -1.60. The molecule has 0 saturated carbocycles. The highest BCUT2D eigenvalue weighted by Crippen LogP contribution is 2.27. The molecule has 0 aliphatic carbocycles. The van der Waals surface area contributed by atoms with Crippen LogP contribution in [0, 0.1) is 12.7 Å². The van der Waals surface area contributed by atoms with E-state index >= 15 is 0 Å². The summed E-state index contributed by atoms with van der Waals surface area (Å²) >= 11 is 5.75. The maximum atomic E-state index is 13.0. The van der Waals surface area contributed by atoms with Gasteiger partial charge in [-0.05, 0) is 38.1 Å².